The number of aliphatic hydroxyl groups is 1. The Morgan fingerprint density at radius 3 is 2.00 bits per heavy atom. The molecule has 3 N–H and O–H groups in total. The molecule has 0 bridgehead atoms. The molecule has 0 rings (SSSR count). The van der Waals surface area contributed by atoms with E-state index >= 15 is 0 Å². The molecule has 0 aromatic carbocycles. The zero-order chi connectivity index (χ0) is 20.7. The molecule has 0 aliphatic rings. The highest BCUT2D eigenvalue weighted by atomic mass is 31.2. The molecule has 0 amide bonds. The van der Waals surface area contributed by atoms with Gasteiger partial charge in [0.2, 0.25) is 0 Å². The highest BCUT2D eigenvalue weighted by Crippen LogP contribution is 2.32. The average Bonchev–Trinajstić information content (AvgIpc) is 2.70. The zero-order valence-corrected chi connectivity index (χ0v) is 19.3. The Morgan fingerprint density at radius 1 is 0.857 bits per heavy atom. The van der Waals surface area contributed by atoms with Crippen LogP contribution in [0.4, 0.5) is 0 Å². The van der Waals surface area contributed by atoms with E-state index in [1.807, 2.05) is 12.7 Å². The Kier molecular flexibility index (Phi) is 22.9. The SMILES string of the molecule is CCCCCCCCCCCCCC/C=C/OCC(O)COP(C)OCCN. The first-order chi connectivity index (χ1) is 13.7. The summed E-state index contributed by atoms with van der Waals surface area (Å²) >= 11 is 0. The van der Waals surface area contributed by atoms with Crippen LogP contribution in [0.3, 0.4) is 0 Å². The second-order valence-electron chi connectivity index (χ2n) is 7.39. The Balaban J connectivity index is 3.27. The number of allylic oxidation sites excluding steroid dienone is 1. The van der Waals surface area contributed by atoms with Gasteiger partial charge in [-0.25, -0.2) is 0 Å². The molecule has 168 valence electrons. The van der Waals surface area contributed by atoms with Gasteiger partial charge in [-0.1, -0.05) is 77.6 Å². The monoisotopic (exact) mass is 419 g/mol. The Morgan fingerprint density at radius 2 is 1.43 bits per heavy atom. The van der Waals surface area contributed by atoms with Crippen LogP contribution in [0.1, 0.15) is 90.4 Å². The minimum atomic E-state index is -0.972. The molecule has 0 aromatic rings. The predicted molar refractivity (Wildman–Crippen MR) is 121 cm³/mol. The van der Waals surface area contributed by atoms with Gasteiger partial charge in [-0.2, -0.15) is 0 Å². The lowest BCUT2D eigenvalue weighted by Crippen LogP contribution is -2.19. The van der Waals surface area contributed by atoms with Crippen molar-refractivity contribution in [2.75, 3.05) is 33.0 Å². The maximum absolute atomic E-state index is 9.78. The lowest BCUT2D eigenvalue weighted by molar-refractivity contribution is 0.0454. The van der Waals surface area contributed by atoms with Crippen LogP contribution < -0.4 is 5.73 Å². The Bertz CT molecular complexity index is 332. The number of hydrogen-bond acceptors (Lipinski definition) is 5. The zero-order valence-electron chi connectivity index (χ0n) is 18.4. The average molecular weight is 420 g/mol. The van der Waals surface area contributed by atoms with Crippen LogP contribution in [0.5, 0.6) is 0 Å². The van der Waals surface area contributed by atoms with Gasteiger partial charge in [0.05, 0.1) is 19.5 Å². The standard InChI is InChI=1S/C22H46NO4P/c1-3-4-5-6-7-8-9-10-11-12-13-14-15-16-18-25-20-22(24)21-27-28(2)26-19-17-23/h16,18,22,24H,3-15,17,19-21,23H2,1-2H3/b18-16+. The van der Waals surface area contributed by atoms with Gasteiger partial charge >= 0.3 is 0 Å². The first kappa shape index (κ1) is 27.8. The number of nitrogens with two attached hydrogens (primary N) is 1. The van der Waals surface area contributed by atoms with E-state index in [0.29, 0.717) is 13.2 Å². The molecule has 0 spiro atoms. The van der Waals surface area contributed by atoms with E-state index in [2.05, 4.69) is 6.92 Å². The van der Waals surface area contributed by atoms with Gasteiger partial charge in [0.15, 0.2) is 8.38 Å². The molecular formula is C22H46NO4P. The van der Waals surface area contributed by atoms with E-state index < -0.39 is 14.5 Å². The van der Waals surface area contributed by atoms with Crippen LogP contribution in [-0.2, 0) is 13.8 Å². The summed E-state index contributed by atoms with van der Waals surface area (Å²) in [4.78, 5) is 0. The molecule has 2 unspecified atom stereocenters. The van der Waals surface area contributed by atoms with Gasteiger partial charge in [0, 0.05) is 13.2 Å². The fraction of sp³-hybridized carbons (Fsp3) is 0.909. The summed E-state index contributed by atoms with van der Waals surface area (Å²) in [6, 6.07) is 0. The highest BCUT2D eigenvalue weighted by molar-refractivity contribution is 7.46. The third-order valence-electron chi connectivity index (χ3n) is 4.55. The summed E-state index contributed by atoms with van der Waals surface area (Å²) < 4.78 is 16.1. The van der Waals surface area contributed by atoms with Gasteiger partial charge in [0.1, 0.15) is 12.7 Å². The lowest BCUT2D eigenvalue weighted by atomic mass is 10.0. The van der Waals surface area contributed by atoms with Crippen molar-refractivity contribution in [1.82, 2.24) is 0 Å². The molecule has 5 nitrogen and oxygen atoms in total. The molecular weight excluding hydrogens is 373 g/mol. The van der Waals surface area contributed by atoms with E-state index in [1.165, 1.54) is 77.0 Å². The summed E-state index contributed by atoms with van der Waals surface area (Å²) in [5.74, 6) is 0. The second kappa shape index (κ2) is 23.1. The number of rotatable bonds is 22. The topological polar surface area (TPSA) is 73.9 Å². The first-order valence-electron chi connectivity index (χ1n) is 11.3. The number of aliphatic hydroxyl groups excluding tert-OH is 1. The van der Waals surface area contributed by atoms with E-state index in [9.17, 15) is 5.11 Å². The van der Waals surface area contributed by atoms with E-state index in [1.54, 1.807) is 6.26 Å². The summed E-state index contributed by atoms with van der Waals surface area (Å²) in [5.41, 5.74) is 5.36. The van der Waals surface area contributed by atoms with Crippen LogP contribution in [-0.4, -0.2) is 44.2 Å². The van der Waals surface area contributed by atoms with Gasteiger partial charge < -0.3 is 24.6 Å². The van der Waals surface area contributed by atoms with Gasteiger partial charge in [-0.05, 0) is 18.9 Å². The van der Waals surface area contributed by atoms with Crippen molar-refractivity contribution in [3.63, 3.8) is 0 Å². The van der Waals surface area contributed by atoms with Crippen molar-refractivity contribution in [3.8, 4) is 0 Å². The van der Waals surface area contributed by atoms with Crippen LogP contribution in [0.15, 0.2) is 12.3 Å². The molecule has 2 atom stereocenters. The van der Waals surface area contributed by atoms with Crippen LogP contribution in [0.25, 0.3) is 0 Å². The fourth-order valence-electron chi connectivity index (χ4n) is 2.86. The van der Waals surface area contributed by atoms with E-state index in [-0.39, 0.29) is 13.2 Å². The molecule has 0 radical (unpaired) electrons. The van der Waals surface area contributed by atoms with Crippen molar-refractivity contribution in [2.45, 2.75) is 96.5 Å². The summed E-state index contributed by atoms with van der Waals surface area (Å²) in [6.07, 6.45) is 20.6. The lowest BCUT2D eigenvalue weighted by Gasteiger charge is -2.15. The Labute approximate surface area is 175 Å². The van der Waals surface area contributed by atoms with E-state index in [4.69, 9.17) is 19.5 Å². The third kappa shape index (κ3) is 22.1. The van der Waals surface area contributed by atoms with Crippen LogP contribution in [0.2, 0.25) is 0 Å². The molecule has 0 aliphatic carbocycles. The van der Waals surface area contributed by atoms with Gasteiger partial charge in [-0.3, -0.25) is 0 Å². The molecule has 0 heterocycles. The van der Waals surface area contributed by atoms with Gasteiger partial charge in [-0.15, -0.1) is 0 Å². The second-order valence-corrected chi connectivity index (χ2v) is 8.79. The number of ether oxygens (including phenoxy) is 1. The minimum absolute atomic E-state index is 0.222. The quantitative estimate of drug-likeness (QED) is 0.130. The largest absolute Gasteiger partial charge is 0.499 e. The molecule has 0 saturated carbocycles. The Hall–Kier alpha value is -0.190. The van der Waals surface area contributed by atoms with Crippen molar-refractivity contribution < 1.29 is 18.9 Å². The maximum Gasteiger partial charge on any atom is 0.167 e. The van der Waals surface area contributed by atoms with Crippen LogP contribution >= 0.6 is 8.38 Å². The smallest absolute Gasteiger partial charge is 0.167 e. The van der Waals surface area contributed by atoms with Gasteiger partial charge in [0.25, 0.3) is 0 Å². The van der Waals surface area contributed by atoms with Crippen molar-refractivity contribution in [2.24, 2.45) is 5.73 Å². The number of unbranched alkanes of at least 4 members (excludes halogenated alkanes) is 12. The van der Waals surface area contributed by atoms with Crippen molar-refractivity contribution in [3.05, 3.63) is 12.3 Å². The first-order valence-corrected chi connectivity index (χ1v) is 13.0. The predicted octanol–water partition coefficient (Wildman–Crippen LogP) is 5.90. The molecule has 0 fully saturated rings. The van der Waals surface area contributed by atoms with Crippen molar-refractivity contribution in [1.29, 1.82) is 0 Å². The summed E-state index contributed by atoms with van der Waals surface area (Å²) in [6.45, 7) is 5.55. The minimum Gasteiger partial charge on any atom is -0.499 e. The molecule has 6 heteroatoms. The van der Waals surface area contributed by atoms with E-state index in [0.717, 1.165) is 6.42 Å². The normalized spacial score (nSPS) is 13.9. The summed E-state index contributed by atoms with van der Waals surface area (Å²) in [5, 5.41) is 9.78. The highest BCUT2D eigenvalue weighted by Gasteiger charge is 2.08. The van der Waals surface area contributed by atoms with Crippen LogP contribution in [0, 0.1) is 0 Å². The fourth-order valence-corrected chi connectivity index (χ4v) is 3.68. The molecule has 0 aliphatic heterocycles. The molecule has 28 heavy (non-hydrogen) atoms. The third-order valence-corrected chi connectivity index (χ3v) is 5.60. The number of hydrogen-bond donors (Lipinski definition) is 2. The maximum atomic E-state index is 9.78. The summed E-state index contributed by atoms with van der Waals surface area (Å²) in [7, 11) is -0.972. The molecule has 0 saturated heterocycles. The molecule has 0 aromatic heterocycles. The van der Waals surface area contributed by atoms with Crippen molar-refractivity contribution >= 4 is 8.38 Å².